The summed E-state index contributed by atoms with van der Waals surface area (Å²) >= 11 is 1.40. The summed E-state index contributed by atoms with van der Waals surface area (Å²) in [5, 5.41) is 10.7. The molecular weight excluding hydrogens is 278 g/mol. The van der Waals surface area contributed by atoms with Gasteiger partial charge in [0, 0.05) is 22.6 Å². The molecule has 0 fully saturated rings. The van der Waals surface area contributed by atoms with Gasteiger partial charge in [-0.25, -0.2) is 4.79 Å². The van der Waals surface area contributed by atoms with Crippen molar-refractivity contribution in [2.24, 2.45) is 0 Å². The first-order valence-corrected chi connectivity index (χ1v) is 6.74. The lowest BCUT2D eigenvalue weighted by Gasteiger charge is -2.09. The van der Waals surface area contributed by atoms with Crippen LogP contribution in [0, 0.1) is 10.1 Å². The summed E-state index contributed by atoms with van der Waals surface area (Å²) in [5.41, 5.74) is 0.383. The van der Waals surface area contributed by atoms with Crippen LogP contribution in [-0.2, 0) is 4.74 Å². The number of benzene rings is 2. The van der Waals surface area contributed by atoms with E-state index in [1.807, 2.05) is 30.3 Å². The Hall–Kier alpha value is -2.34. The number of nitro benzene ring substituents is 1. The zero-order chi connectivity index (χ0) is 14.1. The van der Waals surface area contributed by atoms with E-state index in [4.69, 9.17) is 4.74 Å². The van der Waals surface area contributed by atoms with Gasteiger partial charge in [0.2, 0.25) is 0 Å². The largest absolute Gasteiger partial charge is 0.442 e. The van der Waals surface area contributed by atoms with Gasteiger partial charge in [0.1, 0.15) is 0 Å². The van der Waals surface area contributed by atoms with Gasteiger partial charge in [0.15, 0.2) is 5.44 Å². The Labute approximate surface area is 118 Å². The lowest BCUT2D eigenvalue weighted by Crippen LogP contribution is -1.96. The van der Waals surface area contributed by atoms with Gasteiger partial charge in [-0.05, 0) is 18.2 Å². The molecule has 1 aliphatic heterocycles. The van der Waals surface area contributed by atoms with E-state index in [9.17, 15) is 14.9 Å². The van der Waals surface area contributed by atoms with Gasteiger partial charge >= 0.3 is 5.97 Å². The molecule has 0 spiro atoms. The second-order valence-electron chi connectivity index (χ2n) is 4.20. The van der Waals surface area contributed by atoms with Crippen molar-refractivity contribution in [2.75, 3.05) is 0 Å². The van der Waals surface area contributed by atoms with Crippen LogP contribution in [0.3, 0.4) is 0 Å². The molecule has 2 aromatic carbocycles. The second-order valence-corrected chi connectivity index (χ2v) is 5.33. The van der Waals surface area contributed by atoms with Gasteiger partial charge < -0.3 is 4.74 Å². The number of non-ortho nitro benzene ring substituents is 1. The van der Waals surface area contributed by atoms with Gasteiger partial charge in [-0.15, -0.1) is 0 Å². The molecule has 100 valence electrons. The second kappa shape index (κ2) is 4.97. The Morgan fingerprint density at radius 2 is 1.90 bits per heavy atom. The number of nitro groups is 1. The average molecular weight is 287 g/mol. The summed E-state index contributed by atoms with van der Waals surface area (Å²) in [7, 11) is 0. The number of fused-ring (bicyclic) bond motifs is 1. The lowest BCUT2D eigenvalue weighted by atomic mass is 10.1. The highest BCUT2D eigenvalue weighted by atomic mass is 32.2. The number of hydrogen-bond donors (Lipinski definition) is 0. The summed E-state index contributed by atoms with van der Waals surface area (Å²) in [4.78, 5) is 23.0. The molecule has 0 radical (unpaired) electrons. The molecule has 20 heavy (non-hydrogen) atoms. The molecular formula is C14H9NO4S. The zero-order valence-electron chi connectivity index (χ0n) is 10.2. The van der Waals surface area contributed by atoms with Crippen molar-refractivity contribution in [2.45, 2.75) is 10.3 Å². The molecule has 0 bridgehead atoms. The van der Waals surface area contributed by atoms with Crippen molar-refractivity contribution in [1.29, 1.82) is 0 Å². The Morgan fingerprint density at radius 3 is 2.60 bits per heavy atom. The highest BCUT2D eigenvalue weighted by Crippen LogP contribution is 2.43. The summed E-state index contributed by atoms with van der Waals surface area (Å²) in [6, 6.07) is 13.8. The first kappa shape index (κ1) is 12.7. The summed E-state index contributed by atoms with van der Waals surface area (Å²) < 4.78 is 5.27. The van der Waals surface area contributed by atoms with Crippen molar-refractivity contribution >= 4 is 23.4 Å². The molecule has 1 aliphatic rings. The highest BCUT2D eigenvalue weighted by molar-refractivity contribution is 7.99. The molecule has 2 aromatic rings. The van der Waals surface area contributed by atoms with Gasteiger partial charge in [0.25, 0.3) is 5.69 Å². The third kappa shape index (κ3) is 2.25. The molecule has 1 atom stereocenters. The van der Waals surface area contributed by atoms with Crippen LogP contribution in [0.15, 0.2) is 53.4 Å². The number of carbonyl (C=O) groups excluding carboxylic acids is 1. The zero-order valence-corrected chi connectivity index (χ0v) is 11.0. The van der Waals surface area contributed by atoms with Crippen LogP contribution >= 0.6 is 11.8 Å². The quantitative estimate of drug-likeness (QED) is 0.490. The van der Waals surface area contributed by atoms with E-state index < -0.39 is 16.3 Å². The monoisotopic (exact) mass is 287 g/mol. The maximum absolute atomic E-state index is 11.8. The molecule has 6 heteroatoms. The maximum Gasteiger partial charge on any atom is 0.340 e. The summed E-state index contributed by atoms with van der Waals surface area (Å²) in [6.07, 6.45) is 0. The maximum atomic E-state index is 11.8. The number of nitrogens with zero attached hydrogens (tertiary/aromatic N) is 1. The molecule has 0 aliphatic carbocycles. The number of ether oxygens (including phenoxy) is 1. The van der Waals surface area contributed by atoms with Gasteiger partial charge in [-0.3, -0.25) is 10.1 Å². The smallest absolute Gasteiger partial charge is 0.340 e. The fourth-order valence-electron chi connectivity index (χ4n) is 1.97. The van der Waals surface area contributed by atoms with Crippen molar-refractivity contribution < 1.29 is 14.5 Å². The third-order valence-corrected chi connectivity index (χ3v) is 4.03. The summed E-state index contributed by atoms with van der Waals surface area (Å²) in [6.45, 7) is 0. The van der Waals surface area contributed by atoms with Gasteiger partial charge in [-0.1, -0.05) is 30.0 Å². The van der Waals surface area contributed by atoms with Crippen molar-refractivity contribution in [1.82, 2.24) is 0 Å². The lowest BCUT2D eigenvalue weighted by molar-refractivity contribution is -0.384. The Bertz CT molecular complexity index is 687. The minimum atomic E-state index is -0.523. The molecule has 1 unspecified atom stereocenters. The van der Waals surface area contributed by atoms with E-state index >= 15 is 0 Å². The van der Waals surface area contributed by atoms with E-state index in [-0.39, 0.29) is 11.3 Å². The molecule has 0 N–H and O–H groups in total. The number of carbonyl (C=O) groups is 1. The van der Waals surface area contributed by atoms with E-state index in [2.05, 4.69) is 0 Å². The first-order valence-electron chi connectivity index (χ1n) is 5.86. The number of cyclic esters (lactones) is 1. The van der Waals surface area contributed by atoms with Crippen LogP contribution in [0.5, 0.6) is 0 Å². The molecule has 0 amide bonds. The molecule has 5 nitrogen and oxygen atoms in total. The predicted molar refractivity (Wildman–Crippen MR) is 73.6 cm³/mol. The van der Waals surface area contributed by atoms with E-state index in [0.717, 1.165) is 4.90 Å². The van der Waals surface area contributed by atoms with E-state index in [1.165, 1.54) is 23.9 Å². The Morgan fingerprint density at radius 1 is 1.15 bits per heavy atom. The Balaban J connectivity index is 1.92. The van der Waals surface area contributed by atoms with Crippen LogP contribution in [0.4, 0.5) is 5.69 Å². The standard InChI is InChI=1S/C14H9NO4S/c16-13-12-8-9(15(17)18)6-7-11(12)14(19-13)20-10-4-2-1-3-5-10/h1-8,14H. The predicted octanol–water partition coefficient (Wildman–Crippen LogP) is 3.56. The minimum Gasteiger partial charge on any atom is -0.442 e. The molecule has 0 saturated heterocycles. The van der Waals surface area contributed by atoms with Crippen LogP contribution in [0.1, 0.15) is 21.4 Å². The van der Waals surface area contributed by atoms with Crippen LogP contribution in [0.2, 0.25) is 0 Å². The van der Waals surface area contributed by atoms with Gasteiger partial charge in [0.05, 0.1) is 10.5 Å². The average Bonchev–Trinajstić information content (AvgIpc) is 2.76. The normalized spacial score (nSPS) is 16.6. The number of rotatable bonds is 3. The first-order chi connectivity index (χ1) is 9.65. The number of esters is 1. The highest BCUT2D eigenvalue weighted by Gasteiger charge is 2.33. The van der Waals surface area contributed by atoms with Crippen LogP contribution in [0.25, 0.3) is 0 Å². The van der Waals surface area contributed by atoms with Crippen molar-refractivity contribution in [3.63, 3.8) is 0 Å². The summed E-state index contributed by atoms with van der Waals surface area (Å²) in [5.74, 6) is -0.517. The molecule has 1 heterocycles. The third-order valence-electron chi connectivity index (χ3n) is 2.92. The SMILES string of the molecule is O=C1OC(Sc2ccccc2)c2ccc([N+](=O)[O-])cc21. The van der Waals surface area contributed by atoms with Crippen molar-refractivity contribution in [3.8, 4) is 0 Å². The number of thioether (sulfide) groups is 1. The number of hydrogen-bond acceptors (Lipinski definition) is 5. The molecule has 3 rings (SSSR count). The topological polar surface area (TPSA) is 69.4 Å². The molecule has 0 saturated carbocycles. The van der Waals surface area contributed by atoms with E-state index in [1.54, 1.807) is 6.07 Å². The molecule has 0 aromatic heterocycles. The van der Waals surface area contributed by atoms with Crippen molar-refractivity contribution in [3.05, 3.63) is 69.8 Å². The van der Waals surface area contributed by atoms with E-state index in [0.29, 0.717) is 5.56 Å². The van der Waals surface area contributed by atoms with Crippen LogP contribution < -0.4 is 0 Å². The minimum absolute atomic E-state index is 0.105. The Kier molecular flexibility index (Phi) is 3.15. The fourth-order valence-corrected chi connectivity index (χ4v) is 3.00. The fraction of sp³-hybridized carbons (Fsp3) is 0.0714. The van der Waals surface area contributed by atoms with Gasteiger partial charge in [-0.2, -0.15) is 0 Å². The van der Waals surface area contributed by atoms with Crippen LogP contribution in [-0.4, -0.2) is 10.9 Å².